The highest BCUT2D eigenvalue weighted by atomic mass is 16.6. The van der Waals surface area contributed by atoms with Crippen molar-refractivity contribution in [3.8, 4) is 0 Å². The first-order valence-corrected chi connectivity index (χ1v) is 9.16. The molecule has 2 rings (SSSR count). The summed E-state index contributed by atoms with van der Waals surface area (Å²) in [5.41, 5.74) is -0.415. The van der Waals surface area contributed by atoms with Crippen molar-refractivity contribution in [1.82, 2.24) is 10.2 Å². The monoisotopic (exact) mass is 310 g/mol. The normalized spacial score (nSPS) is 20.5. The molecule has 0 unspecified atom stereocenters. The lowest BCUT2D eigenvalue weighted by Crippen LogP contribution is -2.46. The van der Waals surface area contributed by atoms with Crippen molar-refractivity contribution < 1.29 is 9.53 Å². The van der Waals surface area contributed by atoms with Gasteiger partial charge in [-0.05, 0) is 58.9 Å². The van der Waals surface area contributed by atoms with E-state index in [0.717, 1.165) is 38.4 Å². The Morgan fingerprint density at radius 2 is 1.73 bits per heavy atom. The van der Waals surface area contributed by atoms with Gasteiger partial charge in [-0.15, -0.1) is 0 Å². The highest BCUT2D eigenvalue weighted by Crippen LogP contribution is 2.27. The molecule has 4 heteroatoms. The van der Waals surface area contributed by atoms with Gasteiger partial charge in [-0.1, -0.05) is 25.7 Å². The predicted molar refractivity (Wildman–Crippen MR) is 90.0 cm³/mol. The molecule has 2 fully saturated rings. The average Bonchev–Trinajstić information content (AvgIpc) is 3.23. The summed E-state index contributed by atoms with van der Waals surface area (Å²) in [6.07, 6.45) is 9.93. The fourth-order valence-corrected chi connectivity index (χ4v) is 3.14. The molecule has 0 spiro atoms. The van der Waals surface area contributed by atoms with Gasteiger partial charge in [0.15, 0.2) is 0 Å². The van der Waals surface area contributed by atoms with Crippen LogP contribution in [-0.2, 0) is 4.74 Å². The number of amides is 1. The second-order valence-electron chi connectivity index (χ2n) is 7.97. The van der Waals surface area contributed by atoms with E-state index >= 15 is 0 Å². The Bertz CT molecular complexity index is 339. The second kappa shape index (κ2) is 8.19. The highest BCUT2D eigenvalue weighted by molar-refractivity contribution is 5.68. The average molecular weight is 310 g/mol. The maximum absolute atomic E-state index is 12.6. The molecule has 0 heterocycles. The molecular weight excluding hydrogens is 276 g/mol. The molecule has 128 valence electrons. The van der Waals surface area contributed by atoms with E-state index in [2.05, 4.69) is 5.32 Å². The maximum Gasteiger partial charge on any atom is 0.410 e. The summed E-state index contributed by atoms with van der Waals surface area (Å²) in [4.78, 5) is 14.6. The number of hydrogen-bond donors (Lipinski definition) is 1. The van der Waals surface area contributed by atoms with Gasteiger partial charge in [-0.2, -0.15) is 0 Å². The van der Waals surface area contributed by atoms with Crippen molar-refractivity contribution in [2.45, 2.75) is 83.8 Å². The van der Waals surface area contributed by atoms with Gasteiger partial charge < -0.3 is 15.0 Å². The van der Waals surface area contributed by atoms with Gasteiger partial charge in [-0.3, -0.25) is 0 Å². The second-order valence-corrected chi connectivity index (χ2v) is 7.97. The van der Waals surface area contributed by atoms with Crippen LogP contribution in [0.4, 0.5) is 4.79 Å². The lowest BCUT2D eigenvalue weighted by molar-refractivity contribution is 0.0147. The van der Waals surface area contributed by atoms with E-state index in [-0.39, 0.29) is 6.09 Å². The number of nitrogens with zero attached hydrogens (tertiary/aromatic N) is 1. The molecule has 0 aromatic rings. The Hall–Kier alpha value is -0.770. The maximum atomic E-state index is 12.6. The smallest absolute Gasteiger partial charge is 0.410 e. The van der Waals surface area contributed by atoms with Crippen LogP contribution in [-0.4, -0.2) is 42.3 Å². The van der Waals surface area contributed by atoms with Crippen molar-refractivity contribution >= 4 is 6.09 Å². The van der Waals surface area contributed by atoms with Crippen LogP contribution in [0.1, 0.15) is 72.1 Å². The number of rotatable bonds is 6. The third-order valence-corrected chi connectivity index (χ3v) is 4.55. The Morgan fingerprint density at radius 1 is 1.09 bits per heavy atom. The Kier molecular flexibility index (Phi) is 6.54. The van der Waals surface area contributed by atoms with E-state index in [1.165, 1.54) is 38.5 Å². The van der Waals surface area contributed by atoms with Gasteiger partial charge >= 0.3 is 6.09 Å². The number of ether oxygens (including phenoxy) is 1. The zero-order valence-electron chi connectivity index (χ0n) is 14.7. The molecule has 0 aromatic carbocycles. The van der Waals surface area contributed by atoms with E-state index in [0.29, 0.717) is 6.04 Å². The lowest BCUT2D eigenvalue weighted by atomic mass is 10.1. The minimum absolute atomic E-state index is 0.132. The number of nitrogens with one attached hydrogen (secondary N) is 1. The van der Waals surface area contributed by atoms with Gasteiger partial charge in [0.1, 0.15) is 5.60 Å². The van der Waals surface area contributed by atoms with Gasteiger partial charge in [0.2, 0.25) is 0 Å². The quantitative estimate of drug-likeness (QED) is 0.596. The number of hydrogen-bond acceptors (Lipinski definition) is 3. The van der Waals surface area contributed by atoms with Crippen molar-refractivity contribution in [1.29, 1.82) is 0 Å². The first kappa shape index (κ1) is 17.6. The summed E-state index contributed by atoms with van der Waals surface area (Å²) in [5, 5.41) is 3.50. The van der Waals surface area contributed by atoms with Crippen LogP contribution in [0.3, 0.4) is 0 Å². The Balaban J connectivity index is 1.86. The van der Waals surface area contributed by atoms with Crippen molar-refractivity contribution in [3.63, 3.8) is 0 Å². The van der Waals surface area contributed by atoms with E-state index in [9.17, 15) is 4.79 Å². The summed E-state index contributed by atoms with van der Waals surface area (Å²) >= 11 is 0. The third-order valence-electron chi connectivity index (χ3n) is 4.55. The SMILES string of the molecule is CC(C)(C)OC(=O)N(CCNCC1CC1)C1CCCCCC1. The lowest BCUT2D eigenvalue weighted by Gasteiger charge is -2.33. The van der Waals surface area contributed by atoms with Crippen molar-refractivity contribution in [2.75, 3.05) is 19.6 Å². The molecule has 4 nitrogen and oxygen atoms in total. The van der Waals surface area contributed by atoms with Crippen LogP contribution in [0.2, 0.25) is 0 Å². The molecule has 0 aliphatic heterocycles. The molecule has 0 saturated heterocycles. The summed E-state index contributed by atoms with van der Waals surface area (Å²) < 4.78 is 5.64. The van der Waals surface area contributed by atoms with Gasteiger partial charge in [0.25, 0.3) is 0 Å². The molecule has 2 aliphatic rings. The first-order chi connectivity index (χ1) is 10.5. The van der Waals surface area contributed by atoms with Crippen LogP contribution in [0, 0.1) is 5.92 Å². The van der Waals surface area contributed by atoms with Crippen LogP contribution >= 0.6 is 0 Å². The largest absolute Gasteiger partial charge is 0.444 e. The molecule has 0 radical (unpaired) electrons. The van der Waals surface area contributed by atoms with E-state index in [1.54, 1.807) is 0 Å². The van der Waals surface area contributed by atoms with Crippen LogP contribution in [0.25, 0.3) is 0 Å². The molecule has 2 aliphatic carbocycles. The fraction of sp³-hybridized carbons (Fsp3) is 0.944. The third kappa shape index (κ3) is 6.55. The zero-order valence-corrected chi connectivity index (χ0v) is 14.7. The van der Waals surface area contributed by atoms with Crippen LogP contribution in [0.5, 0.6) is 0 Å². The van der Waals surface area contributed by atoms with Crippen LogP contribution in [0.15, 0.2) is 0 Å². The molecule has 1 N–H and O–H groups in total. The fourth-order valence-electron chi connectivity index (χ4n) is 3.14. The van der Waals surface area contributed by atoms with E-state index in [4.69, 9.17) is 4.74 Å². The summed E-state index contributed by atoms with van der Waals surface area (Å²) in [6.45, 7) is 8.59. The predicted octanol–water partition coefficient (Wildman–Crippen LogP) is 3.95. The first-order valence-electron chi connectivity index (χ1n) is 9.16. The summed E-state index contributed by atoms with van der Waals surface area (Å²) in [6, 6.07) is 0.361. The van der Waals surface area contributed by atoms with E-state index in [1.807, 2.05) is 25.7 Å². The van der Waals surface area contributed by atoms with Crippen molar-refractivity contribution in [2.24, 2.45) is 5.92 Å². The highest BCUT2D eigenvalue weighted by Gasteiger charge is 2.28. The molecular formula is C18H34N2O2. The molecule has 2 saturated carbocycles. The van der Waals surface area contributed by atoms with Crippen LogP contribution < -0.4 is 5.32 Å². The Labute approximate surface area is 136 Å². The molecule has 0 aromatic heterocycles. The van der Waals surface area contributed by atoms with Gasteiger partial charge in [0.05, 0.1) is 0 Å². The topological polar surface area (TPSA) is 41.6 Å². The van der Waals surface area contributed by atoms with Crippen molar-refractivity contribution in [3.05, 3.63) is 0 Å². The molecule has 1 amide bonds. The molecule has 0 atom stereocenters. The molecule has 22 heavy (non-hydrogen) atoms. The van der Waals surface area contributed by atoms with Gasteiger partial charge in [0, 0.05) is 19.1 Å². The summed E-state index contributed by atoms with van der Waals surface area (Å²) in [5.74, 6) is 0.882. The number of carbonyl (C=O) groups excluding carboxylic acids is 1. The zero-order chi connectivity index (χ0) is 16.0. The minimum atomic E-state index is -0.415. The summed E-state index contributed by atoms with van der Waals surface area (Å²) in [7, 11) is 0. The van der Waals surface area contributed by atoms with Gasteiger partial charge in [-0.25, -0.2) is 4.79 Å². The van der Waals surface area contributed by atoms with E-state index < -0.39 is 5.60 Å². The minimum Gasteiger partial charge on any atom is -0.444 e. The Morgan fingerprint density at radius 3 is 2.27 bits per heavy atom. The number of carbonyl (C=O) groups is 1. The molecule has 0 bridgehead atoms. The standard InChI is InChI=1S/C18H34N2O2/c1-18(2,3)22-17(21)20(13-12-19-14-15-10-11-15)16-8-6-4-5-7-9-16/h15-16,19H,4-14H2,1-3H3.